The van der Waals surface area contributed by atoms with E-state index in [1.165, 1.54) is 19.0 Å². The number of nitrogens with zero attached hydrogens (tertiary/aromatic N) is 2. The number of aromatic carboxylic acids is 1. The smallest absolute Gasteiger partial charge is 0.356 e. The van der Waals surface area contributed by atoms with Crippen molar-refractivity contribution in [2.75, 3.05) is 0 Å². The molecule has 0 aliphatic heterocycles. The Morgan fingerprint density at radius 3 is 3.00 bits per heavy atom. The first-order valence-corrected chi connectivity index (χ1v) is 4.65. The molecule has 0 radical (unpaired) electrons. The minimum Gasteiger partial charge on any atom is -0.476 e. The van der Waals surface area contributed by atoms with Gasteiger partial charge in [-0.15, -0.1) is 0 Å². The van der Waals surface area contributed by atoms with E-state index in [4.69, 9.17) is 5.11 Å². The molecule has 76 valence electrons. The van der Waals surface area contributed by atoms with Gasteiger partial charge in [-0.2, -0.15) is 0 Å². The maximum atomic E-state index is 10.6. The van der Waals surface area contributed by atoms with Crippen molar-refractivity contribution in [1.29, 1.82) is 0 Å². The van der Waals surface area contributed by atoms with Gasteiger partial charge in [0.1, 0.15) is 5.82 Å². The molecule has 5 nitrogen and oxygen atoms in total. The second kappa shape index (κ2) is 3.42. The van der Waals surface area contributed by atoms with E-state index in [1.54, 1.807) is 4.57 Å². The molecule has 1 heterocycles. The molecule has 1 aliphatic carbocycles. The van der Waals surface area contributed by atoms with Crippen molar-refractivity contribution in [2.45, 2.75) is 25.4 Å². The van der Waals surface area contributed by atoms with Gasteiger partial charge >= 0.3 is 5.97 Å². The summed E-state index contributed by atoms with van der Waals surface area (Å²) in [6.07, 6.45) is 3.97. The van der Waals surface area contributed by atoms with Crippen molar-refractivity contribution in [3.63, 3.8) is 0 Å². The van der Waals surface area contributed by atoms with E-state index >= 15 is 0 Å². The highest BCUT2D eigenvalue weighted by Crippen LogP contribution is 2.19. The van der Waals surface area contributed by atoms with Crippen molar-refractivity contribution < 1.29 is 9.90 Å². The number of hydrogen-bond acceptors (Lipinski definition) is 3. The minimum atomic E-state index is -0.974. The number of carboxylic acids is 1. The van der Waals surface area contributed by atoms with Crippen LogP contribution in [0, 0.1) is 0 Å². The summed E-state index contributed by atoms with van der Waals surface area (Å²) in [6.45, 7) is 0.647. The summed E-state index contributed by atoms with van der Waals surface area (Å²) in [5.41, 5.74) is 0.111. The van der Waals surface area contributed by atoms with Gasteiger partial charge in [0.25, 0.3) is 0 Å². The third-order valence-electron chi connectivity index (χ3n) is 2.32. The SMILES string of the molecule is Cn1cc(C(=O)O)nc1CNC1CC1. The fraction of sp³-hybridized carbons (Fsp3) is 0.556. The second-order valence-corrected chi connectivity index (χ2v) is 3.61. The van der Waals surface area contributed by atoms with E-state index in [2.05, 4.69) is 10.3 Å². The molecule has 1 aliphatic rings. The van der Waals surface area contributed by atoms with Crippen LogP contribution in [0.4, 0.5) is 0 Å². The number of carboxylic acid groups (broad SMARTS) is 1. The number of imidazole rings is 1. The molecule has 0 unspecified atom stereocenters. The molecule has 5 heteroatoms. The standard InChI is InChI=1S/C9H13N3O2/c1-12-5-7(9(13)14)11-8(12)4-10-6-2-3-6/h5-6,10H,2-4H2,1H3,(H,13,14). The molecule has 0 aromatic carbocycles. The number of aryl methyl sites for hydroxylation is 1. The lowest BCUT2D eigenvalue weighted by atomic mass is 10.5. The zero-order valence-corrected chi connectivity index (χ0v) is 8.03. The summed E-state index contributed by atoms with van der Waals surface area (Å²) >= 11 is 0. The van der Waals surface area contributed by atoms with E-state index < -0.39 is 5.97 Å². The lowest BCUT2D eigenvalue weighted by Crippen LogP contribution is -2.18. The van der Waals surface area contributed by atoms with Gasteiger partial charge in [-0.3, -0.25) is 0 Å². The first-order chi connectivity index (χ1) is 6.66. The Morgan fingerprint density at radius 2 is 2.50 bits per heavy atom. The molecule has 0 spiro atoms. The fourth-order valence-electron chi connectivity index (χ4n) is 1.30. The highest BCUT2D eigenvalue weighted by atomic mass is 16.4. The van der Waals surface area contributed by atoms with Crippen molar-refractivity contribution in [1.82, 2.24) is 14.9 Å². The Hall–Kier alpha value is -1.36. The number of carbonyl (C=O) groups is 1. The van der Waals surface area contributed by atoms with Crippen LogP contribution >= 0.6 is 0 Å². The molecule has 2 rings (SSSR count). The Balaban J connectivity index is 2.03. The van der Waals surface area contributed by atoms with Crippen molar-refractivity contribution in [2.24, 2.45) is 7.05 Å². The van der Waals surface area contributed by atoms with Crippen LogP contribution in [0.25, 0.3) is 0 Å². The van der Waals surface area contributed by atoms with Crippen LogP contribution in [0.2, 0.25) is 0 Å². The Kier molecular flexibility index (Phi) is 2.25. The van der Waals surface area contributed by atoms with Crippen LogP contribution in [0.15, 0.2) is 6.20 Å². The van der Waals surface area contributed by atoms with Crippen molar-refractivity contribution >= 4 is 5.97 Å². The van der Waals surface area contributed by atoms with E-state index in [0.29, 0.717) is 12.6 Å². The molecule has 2 N–H and O–H groups in total. The van der Waals surface area contributed by atoms with Gasteiger partial charge in [-0.05, 0) is 12.8 Å². The van der Waals surface area contributed by atoms with Gasteiger partial charge in [0.2, 0.25) is 0 Å². The average Bonchev–Trinajstić information content (AvgIpc) is 2.87. The maximum Gasteiger partial charge on any atom is 0.356 e. The Morgan fingerprint density at radius 1 is 1.79 bits per heavy atom. The zero-order chi connectivity index (χ0) is 10.1. The second-order valence-electron chi connectivity index (χ2n) is 3.61. The van der Waals surface area contributed by atoms with Gasteiger partial charge in [-0.25, -0.2) is 9.78 Å². The van der Waals surface area contributed by atoms with Crippen LogP contribution < -0.4 is 5.32 Å². The third kappa shape index (κ3) is 1.93. The van der Waals surface area contributed by atoms with E-state index in [-0.39, 0.29) is 5.69 Å². The largest absolute Gasteiger partial charge is 0.476 e. The average molecular weight is 195 g/mol. The molecule has 1 saturated carbocycles. The fourth-order valence-corrected chi connectivity index (χ4v) is 1.30. The van der Waals surface area contributed by atoms with Gasteiger partial charge in [0, 0.05) is 19.3 Å². The van der Waals surface area contributed by atoms with Gasteiger partial charge in [0.15, 0.2) is 5.69 Å². The molecule has 1 fully saturated rings. The Bertz CT molecular complexity index is 355. The van der Waals surface area contributed by atoms with Crippen LogP contribution in [0.1, 0.15) is 29.2 Å². The maximum absolute atomic E-state index is 10.6. The summed E-state index contributed by atoms with van der Waals surface area (Å²) in [5.74, 6) is -0.201. The van der Waals surface area contributed by atoms with Crippen molar-refractivity contribution in [3.05, 3.63) is 17.7 Å². The third-order valence-corrected chi connectivity index (χ3v) is 2.32. The molecular weight excluding hydrogens is 182 g/mol. The van der Waals surface area contributed by atoms with Crippen LogP contribution in [-0.4, -0.2) is 26.7 Å². The first kappa shape index (κ1) is 9.21. The zero-order valence-electron chi connectivity index (χ0n) is 8.03. The van der Waals surface area contributed by atoms with Crippen LogP contribution in [0.5, 0.6) is 0 Å². The highest BCUT2D eigenvalue weighted by Gasteiger charge is 2.21. The number of hydrogen-bond donors (Lipinski definition) is 2. The quantitative estimate of drug-likeness (QED) is 0.728. The first-order valence-electron chi connectivity index (χ1n) is 4.65. The number of aromatic nitrogens is 2. The Labute approximate surface area is 81.8 Å². The number of nitrogens with one attached hydrogen (secondary N) is 1. The summed E-state index contributed by atoms with van der Waals surface area (Å²) in [7, 11) is 1.81. The predicted molar refractivity (Wildman–Crippen MR) is 50.0 cm³/mol. The lowest BCUT2D eigenvalue weighted by Gasteiger charge is -2.01. The van der Waals surface area contributed by atoms with Gasteiger partial charge < -0.3 is 15.0 Å². The molecule has 1 aromatic rings. The summed E-state index contributed by atoms with van der Waals surface area (Å²) in [6, 6.07) is 0.611. The molecule has 1 aromatic heterocycles. The van der Waals surface area contributed by atoms with Crippen LogP contribution in [0.3, 0.4) is 0 Å². The summed E-state index contributed by atoms with van der Waals surface area (Å²) in [4.78, 5) is 14.6. The molecule has 0 amide bonds. The van der Waals surface area contributed by atoms with Gasteiger partial charge in [-0.1, -0.05) is 0 Å². The highest BCUT2D eigenvalue weighted by molar-refractivity contribution is 5.85. The molecular formula is C9H13N3O2. The topological polar surface area (TPSA) is 67.2 Å². The van der Waals surface area contributed by atoms with Crippen LogP contribution in [-0.2, 0) is 13.6 Å². The summed E-state index contributed by atoms with van der Waals surface area (Å²) < 4.78 is 1.75. The predicted octanol–water partition coefficient (Wildman–Crippen LogP) is 0.370. The number of rotatable bonds is 4. The summed E-state index contributed by atoms with van der Waals surface area (Å²) in [5, 5.41) is 12.0. The molecule has 0 saturated heterocycles. The minimum absolute atomic E-state index is 0.111. The van der Waals surface area contributed by atoms with Crippen molar-refractivity contribution in [3.8, 4) is 0 Å². The van der Waals surface area contributed by atoms with Gasteiger partial charge in [0.05, 0.1) is 6.54 Å². The van der Waals surface area contributed by atoms with E-state index in [0.717, 1.165) is 5.82 Å². The molecule has 14 heavy (non-hydrogen) atoms. The molecule has 0 atom stereocenters. The lowest BCUT2D eigenvalue weighted by molar-refractivity contribution is 0.0691. The molecule has 0 bridgehead atoms. The normalized spacial score (nSPS) is 15.8. The van der Waals surface area contributed by atoms with E-state index in [1.807, 2.05) is 7.05 Å². The monoisotopic (exact) mass is 195 g/mol. The van der Waals surface area contributed by atoms with E-state index in [9.17, 15) is 4.79 Å².